The molecule has 29 heavy (non-hydrogen) atoms. The molecule has 8 heteroatoms. The molecular formula is C21H28N4O3S. The Kier molecular flexibility index (Phi) is 6.89. The van der Waals surface area contributed by atoms with Crippen molar-refractivity contribution in [2.24, 2.45) is 0 Å². The van der Waals surface area contributed by atoms with Crippen LogP contribution in [0.1, 0.15) is 24.2 Å². The van der Waals surface area contributed by atoms with Crippen LogP contribution in [0.2, 0.25) is 0 Å². The molecule has 1 saturated heterocycles. The molecule has 1 fully saturated rings. The van der Waals surface area contributed by atoms with E-state index in [0.29, 0.717) is 44.8 Å². The Labute approximate surface area is 173 Å². The predicted octanol–water partition coefficient (Wildman–Crippen LogP) is 2.77. The number of carbonyl (C=O) groups excluding carboxylic acids is 1. The van der Waals surface area contributed by atoms with Crippen LogP contribution in [0, 0.1) is 0 Å². The van der Waals surface area contributed by atoms with Gasteiger partial charge in [0.1, 0.15) is 0 Å². The molecule has 1 heterocycles. The minimum Gasteiger partial charge on any atom is -0.355 e. The summed E-state index contributed by atoms with van der Waals surface area (Å²) in [6.45, 7) is 5.90. The van der Waals surface area contributed by atoms with Crippen molar-refractivity contribution in [3.8, 4) is 0 Å². The van der Waals surface area contributed by atoms with Gasteiger partial charge in [0.25, 0.3) is 16.1 Å². The molecule has 2 aromatic rings. The number of hydrogen-bond donors (Lipinski definition) is 1. The molecule has 7 nitrogen and oxygen atoms in total. The van der Waals surface area contributed by atoms with E-state index in [1.807, 2.05) is 62.4 Å². The summed E-state index contributed by atoms with van der Waals surface area (Å²) in [5, 5.41) is 3.30. The third-order valence-corrected chi connectivity index (χ3v) is 7.28. The van der Waals surface area contributed by atoms with Gasteiger partial charge < -0.3 is 10.2 Å². The van der Waals surface area contributed by atoms with Crippen LogP contribution in [0.5, 0.6) is 0 Å². The second-order valence-electron chi connectivity index (χ2n) is 6.82. The van der Waals surface area contributed by atoms with E-state index in [9.17, 15) is 13.2 Å². The van der Waals surface area contributed by atoms with Crippen molar-refractivity contribution in [2.75, 3.05) is 44.6 Å². The van der Waals surface area contributed by atoms with Gasteiger partial charge in [-0.1, -0.05) is 44.2 Å². The lowest BCUT2D eigenvalue weighted by molar-refractivity contribution is 0.0695. The molecule has 1 N–H and O–H groups in total. The van der Waals surface area contributed by atoms with Crippen molar-refractivity contribution in [1.82, 2.24) is 13.5 Å². The SMILES string of the molecule is CCN(CC)S(=O)(=O)N1CCN(C(=O)c2ccccc2Nc2ccccc2)CC1. The molecule has 1 amide bonds. The summed E-state index contributed by atoms with van der Waals surface area (Å²) in [5.74, 6) is -0.0936. The fourth-order valence-corrected chi connectivity index (χ4v) is 5.06. The van der Waals surface area contributed by atoms with Gasteiger partial charge in [-0.2, -0.15) is 17.0 Å². The molecule has 1 aliphatic rings. The van der Waals surface area contributed by atoms with Gasteiger partial charge >= 0.3 is 0 Å². The van der Waals surface area contributed by atoms with Crippen molar-refractivity contribution in [1.29, 1.82) is 0 Å². The lowest BCUT2D eigenvalue weighted by Gasteiger charge is -2.36. The quantitative estimate of drug-likeness (QED) is 0.753. The largest absolute Gasteiger partial charge is 0.355 e. The molecule has 0 radical (unpaired) electrons. The van der Waals surface area contributed by atoms with Crippen LogP contribution in [0.15, 0.2) is 54.6 Å². The van der Waals surface area contributed by atoms with Gasteiger partial charge in [-0.25, -0.2) is 0 Å². The first kappa shape index (κ1) is 21.3. The third-order valence-electron chi connectivity index (χ3n) is 5.09. The number of hydrogen-bond acceptors (Lipinski definition) is 4. The number of anilines is 2. The molecule has 0 aromatic heterocycles. The summed E-state index contributed by atoms with van der Waals surface area (Å²) >= 11 is 0. The smallest absolute Gasteiger partial charge is 0.282 e. The summed E-state index contributed by atoms with van der Waals surface area (Å²) in [6.07, 6.45) is 0. The highest BCUT2D eigenvalue weighted by Gasteiger charge is 2.32. The average Bonchev–Trinajstić information content (AvgIpc) is 2.75. The second-order valence-corrected chi connectivity index (χ2v) is 8.75. The van der Waals surface area contributed by atoms with E-state index in [1.165, 1.54) is 8.61 Å². The summed E-state index contributed by atoms with van der Waals surface area (Å²) in [7, 11) is -3.47. The average molecular weight is 417 g/mol. The van der Waals surface area contributed by atoms with Crippen molar-refractivity contribution in [2.45, 2.75) is 13.8 Å². The Morgan fingerprint density at radius 3 is 2.14 bits per heavy atom. The first-order valence-electron chi connectivity index (χ1n) is 9.93. The predicted molar refractivity (Wildman–Crippen MR) is 115 cm³/mol. The molecule has 0 spiro atoms. The van der Waals surface area contributed by atoms with E-state index in [2.05, 4.69) is 5.32 Å². The van der Waals surface area contributed by atoms with E-state index in [4.69, 9.17) is 0 Å². The number of nitrogens with zero attached hydrogens (tertiary/aromatic N) is 3. The number of nitrogens with one attached hydrogen (secondary N) is 1. The van der Waals surface area contributed by atoms with E-state index in [0.717, 1.165) is 11.4 Å². The Morgan fingerprint density at radius 2 is 1.52 bits per heavy atom. The zero-order valence-corrected chi connectivity index (χ0v) is 17.7. The molecule has 0 unspecified atom stereocenters. The highest BCUT2D eigenvalue weighted by molar-refractivity contribution is 7.86. The van der Waals surface area contributed by atoms with Crippen molar-refractivity contribution >= 4 is 27.5 Å². The lowest BCUT2D eigenvalue weighted by Crippen LogP contribution is -2.54. The number of carbonyl (C=O) groups is 1. The number of benzene rings is 2. The number of rotatable bonds is 7. The molecule has 0 bridgehead atoms. The first-order chi connectivity index (χ1) is 14.0. The van der Waals surface area contributed by atoms with Gasteiger partial charge in [0.2, 0.25) is 0 Å². The fraction of sp³-hybridized carbons (Fsp3) is 0.381. The maximum Gasteiger partial charge on any atom is 0.282 e. The maximum atomic E-state index is 13.1. The molecule has 0 aliphatic carbocycles. The third kappa shape index (κ3) is 4.77. The molecule has 0 saturated carbocycles. The lowest BCUT2D eigenvalue weighted by atomic mass is 10.1. The number of para-hydroxylation sites is 2. The van der Waals surface area contributed by atoms with Crippen LogP contribution in [-0.4, -0.2) is 67.1 Å². The minimum absolute atomic E-state index is 0.0936. The topological polar surface area (TPSA) is 73.0 Å². The second kappa shape index (κ2) is 9.39. The zero-order valence-electron chi connectivity index (χ0n) is 16.9. The van der Waals surface area contributed by atoms with Gasteiger partial charge in [-0.3, -0.25) is 4.79 Å². The molecule has 156 valence electrons. The maximum absolute atomic E-state index is 13.1. The summed E-state index contributed by atoms with van der Waals surface area (Å²) in [5.41, 5.74) is 2.22. The summed E-state index contributed by atoms with van der Waals surface area (Å²) in [6, 6.07) is 17.1. The number of piperazine rings is 1. The Bertz CT molecular complexity index is 922. The van der Waals surface area contributed by atoms with Gasteiger partial charge in [0, 0.05) is 45.0 Å². The van der Waals surface area contributed by atoms with Crippen molar-refractivity contribution < 1.29 is 13.2 Å². The zero-order chi connectivity index (χ0) is 20.9. The van der Waals surface area contributed by atoms with Crippen LogP contribution in [-0.2, 0) is 10.2 Å². The van der Waals surface area contributed by atoms with Crippen molar-refractivity contribution in [3.63, 3.8) is 0 Å². The normalized spacial score (nSPS) is 15.5. The van der Waals surface area contributed by atoms with Crippen LogP contribution in [0.4, 0.5) is 11.4 Å². The summed E-state index contributed by atoms with van der Waals surface area (Å²) < 4.78 is 28.3. The van der Waals surface area contributed by atoms with E-state index in [-0.39, 0.29) is 5.91 Å². The van der Waals surface area contributed by atoms with E-state index >= 15 is 0 Å². The van der Waals surface area contributed by atoms with Crippen LogP contribution < -0.4 is 5.32 Å². The molecule has 1 aliphatic heterocycles. The monoisotopic (exact) mass is 416 g/mol. The summed E-state index contributed by atoms with van der Waals surface area (Å²) in [4.78, 5) is 14.8. The highest BCUT2D eigenvalue weighted by atomic mass is 32.2. The standard InChI is InChI=1S/C21H28N4O3S/c1-3-24(4-2)29(27,28)25-16-14-23(15-17-25)21(26)19-12-8-9-13-20(19)22-18-10-6-5-7-11-18/h5-13,22H,3-4,14-17H2,1-2H3. The highest BCUT2D eigenvalue weighted by Crippen LogP contribution is 2.23. The van der Waals surface area contributed by atoms with Gasteiger partial charge in [0.05, 0.1) is 11.3 Å². The van der Waals surface area contributed by atoms with Gasteiger partial charge in [0.15, 0.2) is 0 Å². The van der Waals surface area contributed by atoms with E-state index in [1.54, 1.807) is 11.0 Å². The first-order valence-corrected chi connectivity index (χ1v) is 11.3. The Morgan fingerprint density at radius 1 is 0.931 bits per heavy atom. The van der Waals surface area contributed by atoms with Gasteiger partial charge in [-0.15, -0.1) is 0 Å². The van der Waals surface area contributed by atoms with Crippen molar-refractivity contribution in [3.05, 3.63) is 60.2 Å². The van der Waals surface area contributed by atoms with Gasteiger partial charge in [-0.05, 0) is 24.3 Å². The minimum atomic E-state index is -3.47. The molecular weight excluding hydrogens is 388 g/mol. The fourth-order valence-electron chi connectivity index (χ4n) is 3.46. The molecule has 2 aromatic carbocycles. The van der Waals surface area contributed by atoms with Crippen LogP contribution in [0.25, 0.3) is 0 Å². The Balaban J connectivity index is 1.70. The molecule has 3 rings (SSSR count). The molecule has 0 atom stereocenters. The number of amides is 1. The van der Waals surface area contributed by atoms with Crippen LogP contribution in [0.3, 0.4) is 0 Å². The van der Waals surface area contributed by atoms with E-state index < -0.39 is 10.2 Å². The Hall–Kier alpha value is -2.42. The van der Waals surface area contributed by atoms with Crippen LogP contribution >= 0.6 is 0 Å².